The molecule has 5 nitrogen and oxygen atoms in total. The van der Waals surface area contributed by atoms with Crippen LogP contribution < -0.4 is 5.32 Å². The maximum absolute atomic E-state index is 11.3. The van der Waals surface area contributed by atoms with Crippen LogP contribution in [0.15, 0.2) is 24.3 Å². The molecule has 2 aromatic rings. The third-order valence-corrected chi connectivity index (χ3v) is 6.32. The highest BCUT2D eigenvalue weighted by Crippen LogP contribution is 2.37. The molecule has 1 aliphatic carbocycles. The summed E-state index contributed by atoms with van der Waals surface area (Å²) in [6.07, 6.45) is 1.24. The summed E-state index contributed by atoms with van der Waals surface area (Å²) in [4.78, 5) is 18.5. The van der Waals surface area contributed by atoms with Crippen molar-refractivity contribution in [1.82, 2.24) is 15.2 Å². The fraction of sp³-hybridized carbons (Fsp3) is 0.556. The molecule has 24 heavy (non-hydrogen) atoms. The number of hydrogen-bond donors (Lipinski definition) is 2. The van der Waals surface area contributed by atoms with Gasteiger partial charge >= 0.3 is 0 Å². The zero-order chi connectivity index (χ0) is 16.7. The molecule has 2 heterocycles. The molecule has 2 fully saturated rings. The number of benzene rings is 1. The molecule has 6 heteroatoms. The van der Waals surface area contributed by atoms with Gasteiger partial charge in [-0.15, -0.1) is 11.3 Å². The van der Waals surface area contributed by atoms with Gasteiger partial charge in [0.25, 0.3) is 0 Å². The molecule has 128 valence electrons. The van der Waals surface area contributed by atoms with E-state index in [0.717, 1.165) is 43.0 Å². The van der Waals surface area contributed by atoms with E-state index in [1.807, 2.05) is 6.07 Å². The van der Waals surface area contributed by atoms with Crippen molar-refractivity contribution < 1.29 is 9.90 Å². The highest BCUT2D eigenvalue weighted by atomic mass is 32.1. The molecule has 0 spiro atoms. The van der Waals surface area contributed by atoms with Crippen molar-refractivity contribution in [2.24, 2.45) is 11.8 Å². The van der Waals surface area contributed by atoms with E-state index in [2.05, 4.69) is 28.4 Å². The topological polar surface area (TPSA) is 65.5 Å². The Morgan fingerprint density at radius 3 is 2.83 bits per heavy atom. The summed E-state index contributed by atoms with van der Waals surface area (Å²) in [5.74, 6) is 1.03. The Labute approximate surface area is 145 Å². The average Bonchev–Trinajstić information content (AvgIpc) is 3.09. The Balaban J connectivity index is 1.41. The molecule has 1 saturated heterocycles. The number of amides is 1. The third-order valence-electron chi connectivity index (χ3n) is 5.30. The van der Waals surface area contributed by atoms with Crippen molar-refractivity contribution in [1.29, 1.82) is 0 Å². The number of fused-ring (bicyclic) bond motifs is 2. The van der Waals surface area contributed by atoms with Crippen LogP contribution in [0.2, 0.25) is 0 Å². The largest absolute Gasteiger partial charge is 0.391 e. The number of nitrogens with one attached hydrogen (secondary N) is 1. The highest BCUT2D eigenvalue weighted by molar-refractivity contribution is 7.18. The molecule has 4 atom stereocenters. The van der Waals surface area contributed by atoms with E-state index >= 15 is 0 Å². The molecule has 0 radical (unpaired) electrons. The molecule has 1 aliphatic heterocycles. The molecular formula is C18H23N3O2S. The summed E-state index contributed by atoms with van der Waals surface area (Å²) in [5.41, 5.74) is 1.08. The van der Waals surface area contributed by atoms with Gasteiger partial charge in [-0.05, 0) is 36.8 Å². The molecule has 2 aliphatic rings. The number of hydrogen-bond acceptors (Lipinski definition) is 5. The van der Waals surface area contributed by atoms with Crippen molar-refractivity contribution in [3.05, 3.63) is 29.3 Å². The number of carbonyl (C=O) groups is 1. The lowest BCUT2D eigenvalue weighted by Gasteiger charge is -2.35. The Kier molecular flexibility index (Phi) is 4.28. The van der Waals surface area contributed by atoms with Crippen LogP contribution in [0.4, 0.5) is 0 Å². The van der Waals surface area contributed by atoms with Gasteiger partial charge in [0.1, 0.15) is 5.01 Å². The van der Waals surface area contributed by atoms with Gasteiger partial charge in [0.15, 0.2) is 0 Å². The number of rotatable bonds is 3. The lowest BCUT2D eigenvalue weighted by molar-refractivity contribution is -0.121. The summed E-state index contributed by atoms with van der Waals surface area (Å²) in [7, 11) is 0. The van der Waals surface area contributed by atoms with Crippen LogP contribution in [-0.2, 0) is 11.3 Å². The van der Waals surface area contributed by atoms with Crippen LogP contribution in [0, 0.1) is 11.8 Å². The van der Waals surface area contributed by atoms with E-state index in [9.17, 15) is 9.90 Å². The number of aliphatic hydroxyl groups excluding tert-OH is 1. The minimum atomic E-state index is -0.419. The number of aliphatic hydroxyl groups is 1. The van der Waals surface area contributed by atoms with E-state index in [0.29, 0.717) is 11.8 Å². The van der Waals surface area contributed by atoms with Crippen molar-refractivity contribution in [2.75, 3.05) is 13.1 Å². The Morgan fingerprint density at radius 1 is 1.33 bits per heavy atom. The first-order valence-electron chi connectivity index (χ1n) is 8.60. The second-order valence-electron chi connectivity index (χ2n) is 7.14. The van der Waals surface area contributed by atoms with E-state index in [-0.39, 0.29) is 11.9 Å². The first-order valence-corrected chi connectivity index (χ1v) is 9.42. The molecule has 0 bridgehead atoms. The first-order chi connectivity index (χ1) is 11.6. The highest BCUT2D eigenvalue weighted by Gasteiger charge is 2.41. The lowest BCUT2D eigenvalue weighted by atomic mass is 9.77. The summed E-state index contributed by atoms with van der Waals surface area (Å²) in [6, 6.07) is 8.17. The Morgan fingerprint density at radius 2 is 2.08 bits per heavy atom. The van der Waals surface area contributed by atoms with Crippen molar-refractivity contribution in [3.63, 3.8) is 0 Å². The van der Waals surface area contributed by atoms with Crippen molar-refractivity contribution >= 4 is 27.5 Å². The van der Waals surface area contributed by atoms with Gasteiger partial charge in [-0.2, -0.15) is 0 Å². The summed E-state index contributed by atoms with van der Waals surface area (Å²) < 4.78 is 1.24. The van der Waals surface area contributed by atoms with Crippen LogP contribution in [0.5, 0.6) is 0 Å². The number of carbonyl (C=O) groups excluding carboxylic acids is 1. The van der Waals surface area contributed by atoms with Gasteiger partial charge in [-0.1, -0.05) is 12.1 Å². The second kappa shape index (κ2) is 6.43. The third kappa shape index (κ3) is 3.18. The van der Waals surface area contributed by atoms with Crippen LogP contribution in [0.25, 0.3) is 10.2 Å². The van der Waals surface area contributed by atoms with Gasteiger partial charge in [0, 0.05) is 20.0 Å². The Hall–Kier alpha value is -1.50. The first kappa shape index (κ1) is 16.0. The van der Waals surface area contributed by atoms with Gasteiger partial charge in [-0.3, -0.25) is 9.69 Å². The average molecular weight is 345 g/mol. The fourth-order valence-corrected chi connectivity index (χ4v) is 5.26. The summed E-state index contributed by atoms with van der Waals surface area (Å²) in [6.45, 7) is 4.45. The number of thiazole rings is 1. The number of likely N-dealkylation sites (tertiary alicyclic amines) is 1. The molecular weight excluding hydrogens is 322 g/mol. The minimum Gasteiger partial charge on any atom is -0.391 e. The predicted molar refractivity (Wildman–Crippen MR) is 94.7 cm³/mol. The smallest absolute Gasteiger partial charge is 0.217 e. The second-order valence-corrected chi connectivity index (χ2v) is 8.25. The predicted octanol–water partition coefficient (Wildman–Crippen LogP) is 2.00. The zero-order valence-electron chi connectivity index (χ0n) is 13.8. The maximum atomic E-state index is 11.3. The summed E-state index contributed by atoms with van der Waals surface area (Å²) >= 11 is 1.77. The monoisotopic (exact) mass is 345 g/mol. The van der Waals surface area contributed by atoms with Crippen LogP contribution in [0.3, 0.4) is 0 Å². The van der Waals surface area contributed by atoms with Gasteiger partial charge < -0.3 is 10.4 Å². The van der Waals surface area contributed by atoms with Crippen LogP contribution >= 0.6 is 11.3 Å². The molecule has 1 saturated carbocycles. The molecule has 2 N–H and O–H groups in total. The van der Waals surface area contributed by atoms with E-state index in [1.165, 1.54) is 11.6 Å². The van der Waals surface area contributed by atoms with Crippen LogP contribution in [-0.4, -0.2) is 46.1 Å². The Bertz CT molecular complexity index is 714. The van der Waals surface area contributed by atoms with Gasteiger partial charge in [0.2, 0.25) is 5.91 Å². The SMILES string of the molecule is CC(=O)N[C@@H]1C[C@@H]2CN(Cc3nc4ccccc4s3)C[C@@H]2C[C@H]1O. The fourth-order valence-electron chi connectivity index (χ4n) is 4.25. The van der Waals surface area contributed by atoms with Crippen LogP contribution in [0.1, 0.15) is 24.8 Å². The normalized spacial score (nSPS) is 30.4. The zero-order valence-corrected chi connectivity index (χ0v) is 14.6. The quantitative estimate of drug-likeness (QED) is 0.893. The van der Waals surface area contributed by atoms with E-state index in [4.69, 9.17) is 4.98 Å². The van der Waals surface area contributed by atoms with E-state index < -0.39 is 6.10 Å². The molecule has 1 aromatic heterocycles. The number of aromatic nitrogens is 1. The van der Waals surface area contributed by atoms with E-state index in [1.54, 1.807) is 11.3 Å². The minimum absolute atomic E-state index is 0.0539. The number of para-hydroxylation sites is 1. The molecule has 0 unspecified atom stereocenters. The molecule has 1 aromatic carbocycles. The van der Waals surface area contributed by atoms with Gasteiger partial charge in [-0.25, -0.2) is 4.98 Å². The summed E-state index contributed by atoms with van der Waals surface area (Å²) in [5, 5.41) is 14.4. The lowest BCUT2D eigenvalue weighted by Crippen LogP contribution is -2.48. The van der Waals surface area contributed by atoms with Gasteiger partial charge in [0.05, 0.1) is 28.9 Å². The molecule has 1 amide bonds. The van der Waals surface area contributed by atoms with Crippen molar-refractivity contribution in [3.8, 4) is 0 Å². The standard InChI is InChI=1S/C18H23N3O2S/c1-11(22)19-15-6-12-8-21(9-13(12)7-16(15)23)10-18-20-14-4-2-3-5-17(14)24-18/h2-5,12-13,15-16,23H,6-10H2,1H3,(H,19,22)/t12-,13+,15-,16-/m1/s1. The maximum Gasteiger partial charge on any atom is 0.217 e. The van der Waals surface area contributed by atoms with Crippen molar-refractivity contribution in [2.45, 2.75) is 38.5 Å². The molecule has 4 rings (SSSR count). The number of nitrogens with zero attached hydrogens (tertiary/aromatic N) is 2.